The molecule has 0 radical (unpaired) electrons. The number of halogens is 2. The fourth-order valence-electron chi connectivity index (χ4n) is 2.28. The van der Waals surface area contributed by atoms with Crippen LogP contribution in [0.1, 0.15) is 11.9 Å². The number of hydrogen-bond acceptors (Lipinski definition) is 6. The van der Waals surface area contributed by atoms with Crippen molar-refractivity contribution in [1.82, 2.24) is 0 Å². The number of Topliss-reactive ketones (excluding diaryl/α,β-unsaturated/α-hetero) is 1. The second-order valence-corrected chi connectivity index (χ2v) is 5.47. The first-order valence-corrected chi connectivity index (χ1v) is 6.88. The predicted molar refractivity (Wildman–Crippen MR) is 74.5 cm³/mol. The summed E-state index contributed by atoms with van der Waals surface area (Å²) in [6.07, 6.45) is -3.83. The number of aliphatic hydroxyl groups excluding tert-OH is 1. The second-order valence-electron chi connectivity index (χ2n) is 4.65. The molecule has 3 N–H and O–H groups in total. The van der Waals surface area contributed by atoms with Gasteiger partial charge in [-0.2, -0.15) is 0 Å². The lowest BCUT2D eigenvalue weighted by Crippen LogP contribution is -2.48. The topological polar surface area (TPSA) is 114 Å². The normalized spacial score (nSPS) is 30.5. The fourth-order valence-corrected chi connectivity index (χ4v) is 2.59. The largest absolute Gasteiger partial charge is 0.450 e. The Balaban J connectivity index is 0.00000176. The van der Waals surface area contributed by atoms with E-state index in [0.717, 1.165) is 0 Å². The summed E-state index contributed by atoms with van der Waals surface area (Å²) in [6, 6.07) is 4.71. The molecule has 4 atom stereocenters. The molecule has 0 aromatic heterocycles. The monoisotopic (exact) mass is 350 g/mol. The van der Waals surface area contributed by atoms with Gasteiger partial charge in [-0.15, -0.1) is 0 Å². The summed E-state index contributed by atoms with van der Waals surface area (Å²) in [4.78, 5) is 23.0. The van der Waals surface area contributed by atoms with E-state index in [1.807, 2.05) is 0 Å². The average Bonchev–Trinajstić information content (AvgIpc) is 2.76. The highest BCUT2D eigenvalue weighted by atomic mass is 35.5. The summed E-state index contributed by atoms with van der Waals surface area (Å²) in [5.41, 5.74) is 0.522. The van der Waals surface area contributed by atoms with E-state index in [9.17, 15) is 14.7 Å². The Labute approximate surface area is 135 Å². The molecule has 120 valence electrons. The van der Waals surface area contributed by atoms with Crippen LogP contribution in [0.2, 0.25) is 10.0 Å². The molecular weight excluding hydrogens is 339 g/mol. The molecule has 2 heterocycles. The smallest absolute Gasteiger partial charge is 0.378 e. The zero-order valence-electron chi connectivity index (χ0n) is 11.0. The van der Waals surface area contributed by atoms with Crippen LogP contribution >= 0.6 is 23.2 Å². The van der Waals surface area contributed by atoms with Crippen LogP contribution in [0, 0.1) is 0 Å². The maximum absolute atomic E-state index is 11.7. The van der Waals surface area contributed by atoms with E-state index in [1.54, 1.807) is 12.1 Å². The number of carbonyl (C=O) groups excluding carboxylic acids is 2. The molecule has 2 aliphatic heterocycles. The lowest BCUT2D eigenvalue weighted by Gasteiger charge is -2.35. The van der Waals surface area contributed by atoms with Crippen molar-refractivity contribution in [2.24, 2.45) is 0 Å². The predicted octanol–water partition coefficient (Wildman–Crippen LogP) is 0.438. The molecule has 1 aromatic rings. The van der Waals surface area contributed by atoms with E-state index in [2.05, 4.69) is 0 Å². The molecule has 0 amide bonds. The fraction of sp³-hybridized carbons (Fsp3) is 0.385. The summed E-state index contributed by atoms with van der Waals surface area (Å²) in [5.74, 6) is -1.77. The van der Waals surface area contributed by atoms with Crippen molar-refractivity contribution in [2.45, 2.75) is 24.6 Å². The maximum Gasteiger partial charge on any atom is 0.378 e. The van der Waals surface area contributed by atoms with E-state index in [1.165, 1.54) is 6.07 Å². The molecular formula is C13H12Cl2O7. The number of hydrogen-bond donors (Lipinski definition) is 1. The van der Waals surface area contributed by atoms with Crippen LogP contribution in [-0.4, -0.2) is 47.3 Å². The van der Waals surface area contributed by atoms with Crippen LogP contribution in [0.25, 0.3) is 0 Å². The third kappa shape index (κ3) is 2.83. The van der Waals surface area contributed by atoms with Gasteiger partial charge in [0.2, 0.25) is 0 Å². The van der Waals surface area contributed by atoms with Crippen molar-refractivity contribution < 1.29 is 34.4 Å². The second kappa shape index (κ2) is 6.49. The van der Waals surface area contributed by atoms with Crippen molar-refractivity contribution >= 4 is 35.0 Å². The number of fused-ring (bicyclic) bond motifs is 1. The summed E-state index contributed by atoms with van der Waals surface area (Å²) < 4.78 is 15.9. The quantitative estimate of drug-likeness (QED) is 0.611. The van der Waals surface area contributed by atoms with Gasteiger partial charge < -0.3 is 24.8 Å². The highest BCUT2D eigenvalue weighted by Gasteiger charge is 2.53. The first-order valence-electron chi connectivity index (χ1n) is 6.13. The Morgan fingerprint density at radius 2 is 1.86 bits per heavy atom. The molecule has 22 heavy (non-hydrogen) atoms. The van der Waals surface area contributed by atoms with Crippen LogP contribution < -0.4 is 0 Å². The molecule has 0 saturated carbocycles. The number of carbonyl (C=O) groups is 2. The van der Waals surface area contributed by atoms with Gasteiger partial charge >= 0.3 is 5.97 Å². The molecule has 0 spiro atoms. The van der Waals surface area contributed by atoms with Crippen LogP contribution in [-0.2, 0) is 23.8 Å². The number of esters is 1. The van der Waals surface area contributed by atoms with E-state index in [4.69, 9.17) is 37.4 Å². The molecule has 2 saturated heterocycles. The highest BCUT2D eigenvalue weighted by molar-refractivity contribution is 6.42. The van der Waals surface area contributed by atoms with Gasteiger partial charge in [0, 0.05) is 5.56 Å². The van der Waals surface area contributed by atoms with Gasteiger partial charge in [-0.25, -0.2) is 4.79 Å². The molecule has 2 aliphatic rings. The average molecular weight is 351 g/mol. The molecule has 0 bridgehead atoms. The van der Waals surface area contributed by atoms with E-state index in [0.29, 0.717) is 15.6 Å². The van der Waals surface area contributed by atoms with Crippen LogP contribution in [0.3, 0.4) is 0 Å². The molecule has 1 aromatic carbocycles. The number of ketones is 1. The Hall–Kier alpha value is -1.22. The van der Waals surface area contributed by atoms with Crippen molar-refractivity contribution in [1.29, 1.82) is 0 Å². The molecule has 1 unspecified atom stereocenters. The van der Waals surface area contributed by atoms with E-state index < -0.39 is 43.0 Å². The first kappa shape index (κ1) is 17.1. The number of benzene rings is 1. The minimum atomic E-state index is -1.09. The molecule has 9 heteroatoms. The number of ether oxygens (including phenoxy) is 3. The third-order valence-electron chi connectivity index (χ3n) is 3.33. The van der Waals surface area contributed by atoms with Crippen molar-refractivity contribution in [2.75, 3.05) is 6.61 Å². The van der Waals surface area contributed by atoms with E-state index in [-0.39, 0.29) is 5.48 Å². The zero-order valence-corrected chi connectivity index (χ0v) is 12.5. The van der Waals surface area contributed by atoms with Crippen LogP contribution in [0.5, 0.6) is 0 Å². The van der Waals surface area contributed by atoms with Gasteiger partial charge in [-0.3, -0.25) is 4.79 Å². The van der Waals surface area contributed by atoms with Crippen LogP contribution in [0.4, 0.5) is 0 Å². The minimum absolute atomic E-state index is 0. The van der Waals surface area contributed by atoms with Crippen molar-refractivity contribution in [3.63, 3.8) is 0 Å². The summed E-state index contributed by atoms with van der Waals surface area (Å²) in [6.45, 7) is -0.414. The van der Waals surface area contributed by atoms with Gasteiger partial charge in [0.1, 0.15) is 6.10 Å². The van der Waals surface area contributed by atoms with Crippen molar-refractivity contribution in [3.05, 3.63) is 33.8 Å². The third-order valence-corrected chi connectivity index (χ3v) is 4.07. The lowest BCUT2D eigenvalue weighted by atomic mass is 10.0. The Morgan fingerprint density at radius 3 is 2.50 bits per heavy atom. The van der Waals surface area contributed by atoms with E-state index >= 15 is 0 Å². The summed E-state index contributed by atoms with van der Waals surface area (Å²) >= 11 is 11.8. The molecule has 0 aliphatic carbocycles. The zero-order chi connectivity index (χ0) is 15.1. The van der Waals surface area contributed by atoms with Gasteiger partial charge in [0.15, 0.2) is 18.5 Å². The SMILES string of the molecule is O.O=C1O[C@@H]2[C@H](CO)OC(c3ccc(Cl)c(Cl)c3)O[C@@H]2C1=O. The molecule has 7 nitrogen and oxygen atoms in total. The maximum atomic E-state index is 11.7. The standard InChI is InChI=1S/C13H10Cl2O6.H2O/c14-6-2-1-5(3-7(6)15)13-19-8(4-16)10-11(21-13)9(17)12(18)20-10;/h1-3,8,10-11,13,16H,4H2;1H2/t8-,10+,11+,13?;/m0./s1. The molecule has 3 rings (SSSR count). The summed E-state index contributed by atoms with van der Waals surface area (Å²) in [5, 5.41) is 10.0. The Bertz CT molecular complexity index is 606. The highest BCUT2D eigenvalue weighted by Crippen LogP contribution is 2.36. The number of rotatable bonds is 2. The van der Waals surface area contributed by atoms with Gasteiger partial charge in [-0.05, 0) is 12.1 Å². The van der Waals surface area contributed by atoms with Gasteiger partial charge in [-0.1, -0.05) is 29.3 Å². The minimum Gasteiger partial charge on any atom is -0.450 e. The van der Waals surface area contributed by atoms with Crippen LogP contribution in [0.15, 0.2) is 18.2 Å². The number of aliphatic hydroxyl groups is 1. The molecule has 2 fully saturated rings. The van der Waals surface area contributed by atoms with Gasteiger partial charge in [0.25, 0.3) is 5.78 Å². The van der Waals surface area contributed by atoms with Gasteiger partial charge in [0.05, 0.1) is 16.7 Å². The summed E-state index contributed by atoms with van der Waals surface area (Å²) in [7, 11) is 0. The Kier molecular flexibility index (Phi) is 5.06. The Morgan fingerprint density at radius 1 is 1.14 bits per heavy atom. The first-order chi connectivity index (χ1) is 10.0. The lowest BCUT2D eigenvalue weighted by molar-refractivity contribution is -0.277. The van der Waals surface area contributed by atoms with Crippen molar-refractivity contribution in [3.8, 4) is 0 Å².